The van der Waals surface area contributed by atoms with Crippen LogP contribution in [0.15, 0.2) is 30.3 Å². The summed E-state index contributed by atoms with van der Waals surface area (Å²) in [4.78, 5) is 11.7. The van der Waals surface area contributed by atoms with Gasteiger partial charge in [-0.05, 0) is 17.9 Å². The van der Waals surface area contributed by atoms with E-state index in [1.807, 2.05) is 30.3 Å². The molecule has 1 aromatic rings. The highest BCUT2D eigenvalue weighted by Crippen LogP contribution is 2.31. The lowest BCUT2D eigenvalue weighted by molar-refractivity contribution is 0.217. The maximum atomic E-state index is 11.7. The largest absolute Gasteiger partial charge is 0.394 e. The Bertz CT molecular complexity index is 377. The normalized spacial score (nSPS) is 16.1. The van der Waals surface area contributed by atoms with E-state index in [0.717, 1.165) is 17.9 Å². The van der Waals surface area contributed by atoms with Crippen molar-refractivity contribution in [2.45, 2.75) is 25.3 Å². The Kier molecular flexibility index (Phi) is 4.59. The molecule has 1 atom stereocenters. The van der Waals surface area contributed by atoms with Gasteiger partial charge in [0.25, 0.3) is 0 Å². The molecule has 0 saturated heterocycles. The first-order chi connectivity index (χ1) is 8.79. The molecule has 1 aromatic carbocycles. The highest BCUT2D eigenvalue weighted by Gasteiger charge is 2.20. The lowest BCUT2D eigenvalue weighted by Crippen LogP contribution is -2.39. The van der Waals surface area contributed by atoms with Crippen LogP contribution in [-0.2, 0) is 0 Å². The highest BCUT2D eigenvalue weighted by atomic mass is 16.3. The van der Waals surface area contributed by atoms with Crippen molar-refractivity contribution in [1.82, 2.24) is 10.6 Å². The molecule has 4 nitrogen and oxygen atoms in total. The second-order valence-corrected chi connectivity index (χ2v) is 4.78. The molecule has 2 rings (SSSR count). The Balaban J connectivity index is 1.76. The van der Waals surface area contributed by atoms with Gasteiger partial charge in [0.2, 0.25) is 0 Å². The van der Waals surface area contributed by atoms with Crippen molar-refractivity contribution < 1.29 is 9.90 Å². The van der Waals surface area contributed by atoms with Crippen LogP contribution < -0.4 is 10.6 Å². The van der Waals surface area contributed by atoms with Gasteiger partial charge in [0.15, 0.2) is 0 Å². The molecular weight excluding hydrogens is 228 g/mol. The monoisotopic (exact) mass is 248 g/mol. The predicted octanol–water partition coefficient (Wildman–Crippen LogP) is 1.82. The summed E-state index contributed by atoms with van der Waals surface area (Å²) in [5.41, 5.74) is 0.914. The van der Waals surface area contributed by atoms with Crippen molar-refractivity contribution >= 4 is 6.03 Å². The third kappa shape index (κ3) is 4.04. The fourth-order valence-electron chi connectivity index (χ4n) is 1.93. The molecule has 0 spiro atoms. The summed E-state index contributed by atoms with van der Waals surface area (Å²) < 4.78 is 0. The van der Waals surface area contributed by atoms with Crippen LogP contribution >= 0.6 is 0 Å². The van der Waals surface area contributed by atoms with Crippen molar-refractivity contribution in [1.29, 1.82) is 0 Å². The average Bonchev–Trinajstić information content (AvgIpc) is 3.21. The third-order valence-corrected chi connectivity index (χ3v) is 3.22. The summed E-state index contributed by atoms with van der Waals surface area (Å²) in [5, 5.41) is 14.9. The van der Waals surface area contributed by atoms with Crippen molar-refractivity contribution in [3.63, 3.8) is 0 Å². The van der Waals surface area contributed by atoms with E-state index in [1.165, 1.54) is 12.8 Å². The molecule has 0 radical (unpaired) electrons. The summed E-state index contributed by atoms with van der Waals surface area (Å²) in [6.45, 7) is 0.615. The van der Waals surface area contributed by atoms with E-state index in [4.69, 9.17) is 0 Å². The molecule has 98 valence electrons. The molecule has 1 aliphatic carbocycles. The van der Waals surface area contributed by atoms with Gasteiger partial charge in [-0.25, -0.2) is 4.79 Å². The topological polar surface area (TPSA) is 61.4 Å². The Morgan fingerprint density at radius 3 is 2.67 bits per heavy atom. The number of nitrogens with one attached hydrogen (secondary N) is 2. The van der Waals surface area contributed by atoms with E-state index in [0.29, 0.717) is 6.54 Å². The number of urea groups is 1. The van der Waals surface area contributed by atoms with Crippen molar-refractivity contribution in [2.75, 3.05) is 13.2 Å². The van der Waals surface area contributed by atoms with E-state index >= 15 is 0 Å². The SMILES string of the molecule is O=C(NCCC1CC1)N[C@@H](CO)c1ccccc1. The standard InChI is InChI=1S/C14H20N2O2/c17-10-13(12-4-2-1-3-5-12)16-14(18)15-9-8-11-6-7-11/h1-5,11,13,17H,6-10H2,(H2,15,16,18)/t13-/m0/s1. The number of carbonyl (C=O) groups excluding carboxylic acids is 1. The molecule has 1 saturated carbocycles. The van der Waals surface area contributed by atoms with Gasteiger partial charge < -0.3 is 15.7 Å². The Morgan fingerprint density at radius 2 is 2.06 bits per heavy atom. The number of amides is 2. The van der Waals surface area contributed by atoms with Gasteiger partial charge in [0, 0.05) is 6.54 Å². The third-order valence-electron chi connectivity index (χ3n) is 3.22. The van der Waals surface area contributed by atoms with Crippen LogP contribution in [0.5, 0.6) is 0 Å². The molecule has 3 N–H and O–H groups in total. The summed E-state index contributed by atoms with van der Waals surface area (Å²) in [5.74, 6) is 0.813. The quantitative estimate of drug-likeness (QED) is 0.719. The molecule has 0 heterocycles. The maximum absolute atomic E-state index is 11.7. The smallest absolute Gasteiger partial charge is 0.315 e. The lowest BCUT2D eigenvalue weighted by atomic mass is 10.1. The van der Waals surface area contributed by atoms with Gasteiger partial charge in [0.05, 0.1) is 12.6 Å². The van der Waals surface area contributed by atoms with Gasteiger partial charge in [-0.1, -0.05) is 43.2 Å². The average molecular weight is 248 g/mol. The molecule has 0 unspecified atom stereocenters. The number of benzene rings is 1. The zero-order valence-corrected chi connectivity index (χ0v) is 10.4. The second kappa shape index (κ2) is 6.40. The van der Waals surface area contributed by atoms with Crippen LogP contribution in [0.4, 0.5) is 4.79 Å². The van der Waals surface area contributed by atoms with Gasteiger partial charge >= 0.3 is 6.03 Å². The summed E-state index contributed by atoms with van der Waals surface area (Å²) in [6, 6.07) is 8.94. The molecule has 4 heteroatoms. The summed E-state index contributed by atoms with van der Waals surface area (Å²) in [7, 11) is 0. The first-order valence-electron chi connectivity index (χ1n) is 6.49. The van der Waals surface area contributed by atoms with Crippen molar-refractivity contribution in [2.24, 2.45) is 5.92 Å². The Hall–Kier alpha value is -1.55. The van der Waals surface area contributed by atoms with Crippen LogP contribution in [0.2, 0.25) is 0 Å². The number of hydrogen-bond acceptors (Lipinski definition) is 2. The first kappa shape index (κ1) is 12.9. The van der Waals surface area contributed by atoms with E-state index in [2.05, 4.69) is 10.6 Å². The molecule has 1 fully saturated rings. The van der Waals surface area contributed by atoms with Gasteiger partial charge in [-0.3, -0.25) is 0 Å². The van der Waals surface area contributed by atoms with Crippen LogP contribution in [0.25, 0.3) is 0 Å². The zero-order valence-electron chi connectivity index (χ0n) is 10.4. The molecule has 0 aliphatic heterocycles. The van der Waals surface area contributed by atoms with Crippen LogP contribution in [-0.4, -0.2) is 24.3 Å². The van der Waals surface area contributed by atoms with E-state index < -0.39 is 0 Å². The number of rotatable bonds is 6. The fourth-order valence-corrected chi connectivity index (χ4v) is 1.93. The van der Waals surface area contributed by atoms with E-state index in [-0.39, 0.29) is 18.7 Å². The van der Waals surface area contributed by atoms with E-state index in [1.54, 1.807) is 0 Å². The van der Waals surface area contributed by atoms with Crippen molar-refractivity contribution in [3.8, 4) is 0 Å². The number of aliphatic hydroxyl groups excluding tert-OH is 1. The predicted molar refractivity (Wildman–Crippen MR) is 70.1 cm³/mol. The highest BCUT2D eigenvalue weighted by molar-refractivity contribution is 5.74. The summed E-state index contributed by atoms with van der Waals surface area (Å²) in [6.07, 6.45) is 3.65. The molecular formula is C14H20N2O2. The zero-order chi connectivity index (χ0) is 12.8. The fraction of sp³-hybridized carbons (Fsp3) is 0.500. The minimum absolute atomic E-state index is 0.0972. The Morgan fingerprint density at radius 1 is 1.33 bits per heavy atom. The van der Waals surface area contributed by atoms with Crippen LogP contribution in [0, 0.1) is 5.92 Å². The molecule has 0 bridgehead atoms. The summed E-state index contributed by atoms with van der Waals surface area (Å²) >= 11 is 0. The Labute approximate surface area is 107 Å². The number of aliphatic hydroxyl groups is 1. The second-order valence-electron chi connectivity index (χ2n) is 4.78. The van der Waals surface area contributed by atoms with Crippen LogP contribution in [0.3, 0.4) is 0 Å². The minimum atomic E-state index is -0.341. The van der Waals surface area contributed by atoms with Crippen LogP contribution in [0.1, 0.15) is 30.9 Å². The van der Waals surface area contributed by atoms with Gasteiger partial charge in [-0.15, -0.1) is 0 Å². The van der Waals surface area contributed by atoms with E-state index in [9.17, 15) is 9.90 Å². The number of hydrogen-bond donors (Lipinski definition) is 3. The minimum Gasteiger partial charge on any atom is -0.394 e. The molecule has 18 heavy (non-hydrogen) atoms. The lowest BCUT2D eigenvalue weighted by Gasteiger charge is -2.17. The van der Waals surface area contributed by atoms with Crippen molar-refractivity contribution in [3.05, 3.63) is 35.9 Å². The number of carbonyl (C=O) groups is 1. The molecule has 2 amide bonds. The van der Waals surface area contributed by atoms with Gasteiger partial charge in [0.1, 0.15) is 0 Å². The first-order valence-corrected chi connectivity index (χ1v) is 6.49. The maximum Gasteiger partial charge on any atom is 0.315 e. The molecule has 1 aliphatic rings. The molecule has 0 aromatic heterocycles. The van der Waals surface area contributed by atoms with Gasteiger partial charge in [-0.2, -0.15) is 0 Å².